The van der Waals surface area contributed by atoms with Crippen LogP contribution in [0.5, 0.6) is 11.5 Å². The first-order chi connectivity index (χ1) is 7.75. The van der Waals surface area contributed by atoms with Gasteiger partial charge in [-0.3, -0.25) is 0 Å². The number of benzene rings is 2. The highest BCUT2D eigenvalue weighted by molar-refractivity contribution is 5.54. The largest absolute Gasteiger partial charge is 0.456 e. The molecule has 0 aromatic heterocycles. The number of ether oxygens (including phenoxy) is 1. The van der Waals surface area contributed by atoms with Crippen LogP contribution in [0.3, 0.4) is 0 Å². The van der Waals surface area contributed by atoms with Crippen molar-refractivity contribution in [2.75, 3.05) is 0 Å². The number of fused-ring (bicyclic) bond motifs is 2. The third kappa shape index (κ3) is 1.32. The molecule has 0 amide bonds. The van der Waals surface area contributed by atoms with Crippen LogP contribution in [0.4, 0.5) is 0 Å². The first kappa shape index (κ1) is 9.46. The van der Waals surface area contributed by atoms with E-state index in [4.69, 9.17) is 4.74 Å². The van der Waals surface area contributed by atoms with E-state index in [0.29, 0.717) is 0 Å². The Morgan fingerprint density at radius 3 is 2.62 bits per heavy atom. The van der Waals surface area contributed by atoms with Crippen LogP contribution < -0.4 is 4.74 Å². The zero-order valence-electron chi connectivity index (χ0n) is 9.58. The fourth-order valence-electron chi connectivity index (χ4n) is 2.19. The van der Waals surface area contributed by atoms with Crippen LogP contribution in [0.15, 0.2) is 36.4 Å². The van der Waals surface area contributed by atoms with Crippen molar-refractivity contribution in [1.29, 1.82) is 0 Å². The minimum Gasteiger partial charge on any atom is -0.456 e. The molecule has 2 aromatic carbocycles. The molecule has 0 saturated heterocycles. The molecule has 1 heterocycles. The molecule has 0 unspecified atom stereocenters. The van der Waals surface area contributed by atoms with Gasteiger partial charge in [0.25, 0.3) is 0 Å². The minimum absolute atomic E-state index is 0.979. The van der Waals surface area contributed by atoms with E-state index < -0.39 is 0 Å². The summed E-state index contributed by atoms with van der Waals surface area (Å²) in [5, 5.41) is 0. The van der Waals surface area contributed by atoms with Crippen molar-refractivity contribution in [3.8, 4) is 11.5 Å². The van der Waals surface area contributed by atoms with E-state index in [9.17, 15) is 0 Å². The molecule has 0 bridgehead atoms. The fourth-order valence-corrected chi connectivity index (χ4v) is 2.19. The molecular formula is C15H14O. The highest BCUT2D eigenvalue weighted by atomic mass is 16.5. The SMILES string of the molecule is Cc1ccc2c(c1C)Oc1ccccc1C2. The molecule has 0 N–H and O–H groups in total. The summed E-state index contributed by atoms with van der Waals surface area (Å²) in [6.45, 7) is 4.25. The second-order valence-electron chi connectivity index (χ2n) is 4.38. The number of rotatable bonds is 0. The Balaban J connectivity index is 2.16. The van der Waals surface area contributed by atoms with Crippen molar-refractivity contribution in [2.45, 2.75) is 20.3 Å². The summed E-state index contributed by atoms with van der Waals surface area (Å²) in [6.07, 6.45) is 0.979. The summed E-state index contributed by atoms with van der Waals surface area (Å²) in [4.78, 5) is 0. The van der Waals surface area contributed by atoms with Crippen molar-refractivity contribution in [3.05, 3.63) is 58.7 Å². The minimum atomic E-state index is 0.979. The molecule has 3 rings (SSSR count). The molecule has 80 valence electrons. The first-order valence-corrected chi connectivity index (χ1v) is 5.60. The van der Waals surface area contributed by atoms with Gasteiger partial charge in [0.15, 0.2) is 0 Å². The van der Waals surface area contributed by atoms with E-state index in [2.05, 4.69) is 38.1 Å². The second kappa shape index (κ2) is 3.38. The monoisotopic (exact) mass is 210 g/mol. The standard InChI is InChI=1S/C15H14O/c1-10-7-8-13-9-12-5-3-4-6-14(12)16-15(13)11(10)2/h3-8H,9H2,1-2H3. The van der Waals surface area contributed by atoms with Crippen LogP contribution in [0.2, 0.25) is 0 Å². The van der Waals surface area contributed by atoms with Crippen molar-refractivity contribution < 1.29 is 4.74 Å². The lowest BCUT2D eigenvalue weighted by Gasteiger charge is -2.22. The van der Waals surface area contributed by atoms with Crippen molar-refractivity contribution in [3.63, 3.8) is 0 Å². The first-order valence-electron chi connectivity index (χ1n) is 5.60. The van der Waals surface area contributed by atoms with E-state index in [1.165, 1.54) is 22.3 Å². The Kier molecular flexibility index (Phi) is 2.00. The fraction of sp³-hybridized carbons (Fsp3) is 0.200. The van der Waals surface area contributed by atoms with Crippen LogP contribution in [-0.2, 0) is 6.42 Å². The normalized spacial score (nSPS) is 12.6. The molecule has 16 heavy (non-hydrogen) atoms. The van der Waals surface area contributed by atoms with Crippen molar-refractivity contribution in [1.82, 2.24) is 0 Å². The lowest BCUT2D eigenvalue weighted by Crippen LogP contribution is -2.04. The lowest BCUT2D eigenvalue weighted by molar-refractivity contribution is 0.456. The van der Waals surface area contributed by atoms with Gasteiger partial charge in [0.1, 0.15) is 11.5 Å². The van der Waals surface area contributed by atoms with E-state index in [1.54, 1.807) is 0 Å². The predicted octanol–water partition coefficient (Wildman–Crippen LogP) is 4.00. The quantitative estimate of drug-likeness (QED) is 0.545. The van der Waals surface area contributed by atoms with Gasteiger partial charge in [0.05, 0.1) is 0 Å². The zero-order chi connectivity index (χ0) is 11.1. The number of para-hydroxylation sites is 1. The summed E-state index contributed by atoms with van der Waals surface area (Å²) < 4.78 is 5.99. The Morgan fingerprint density at radius 1 is 0.938 bits per heavy atom. The molecule has 0 saturated carbocycles. The molecule has 1 aliphatic rings. The summed E-state index contributed by atoms with van der Waals surface area (Å²) in [5.74, 6) is 2.06. The molecule has 0 atom stereocenters. The van der Waals surface area contributed by atoms with Crippen molar-refractivity contribution >= 4 is 0 Å². The summed E-state index contributed by atoms with van der Waals surface area (Å²) in [6, 6.07) is 12.6. The lowest BCUT2D eigenvalue weighted by atomic mass is 9.96. The summed E-state index contributed by atoms with van der Waals surface area (Å²) in [7, 11) is 0. The molecule has 0 fully saturated rings. The average molecular weight is 210 g/mol. The molecule has 1 aliphatic heterocycles. The molecule has 0 aliphatic carbocycles. The third-order valence-corrected chi connectivity index (χ3v) is 3.32. The predicted molar refractivity (Wildman–Crippen MR) is 65.2 cm³/mol. The topological polar surface area (TPSA) is 9.23 Å². The highest BCUT2D eigenvalue weighted by Gasteiger charge is 2.18. The maximum Gasteiger partial charge on any atom is 0.134 e. The Hall–Kier alpha value is -1.76. The number of hydrogen-bond donors (Lipinski definition) is 0. The van der Waals surface area contributed by atoms with Gasteiger partial charge in [0.2, 0.25) is 0 Å². The van der Waals surface area contributed by atoms with Crippen LogP contribution in [0, 0.1) is 13.8 Å². The van der Waals surface area contributed by atoms with Gasteiger partial charge in [-0.1, -0.05) is 30.3 Å². The Labute approximate surface area is 95.7 Å². The number of hydrogen-bond acceptors (Lipinski definition) is 1. The average Bonchev–Trinajstić information content (AvgIpc) is 2.32. The molecule has 0 radical (unpaired) electrons. The Bertz CT molecular complexity index is 555. The van der Waals surface area contributed by atoms with Gasteiger partial charge in [-0.15, -0.1) is 0 Å². The van der Waals surface area contributed by atoms with Gasteiger partial charge < -0.3 is 4.74 Å². The van der Waals surface area contributed by atoms with Crippen molar-refractivity contribution in [2.24, 2.45) is 0 Å². The van der Waals surface area contributed by atoms with E-state index in [0.717, 1.165) is 17.9 Å². The van der Waals surface area contributed by atoms with E-state index >= 15 is 0 Å². The van der Waals surface area contributed by atoms with Gasteiger partial charge in [0, 0.05) is 6.42 Å². The molecular weight excluding hydrogens is 196 g/mol. The van der Waals surface area contributed by atoms with Gasteiger partial charge in [-0.25, -0.2) is 0 Å². The number of aryl methyl sites for hydroxylation is 1. The maximum absolute atomic E-state index is 5.99. The van der Waals surface area contributed by atoms with Crippen LogP contribution >= 0.6 is 0 Å². The summed E-state index contributed by atoms with van der Waals surface area (Å²) >= 11 is 0. The van der Waals surface area contributed by atoms with Crippen LogP contribution in [0.1, 0.15) is 22.3 Å². The van der Waals surface area contributed by atoms with Gasteiger partial charge in [-0.2, -0.15) is 0 Å². The Morgan fingerprint density at radius 2 is 1.75 bits per heavy atom. The smallest absolute Gasteiger partial charge is 0.134 e. The molecule has 1 heteroatoms. The van der Waals surface area contributed by atoms with E-state index in [-0.39, 0.29) is 0 Å². The highest BCUT2D eigenvalue weighted by Crippen LogP contribution is 2.39. The third-order valence-electron chi connectivity index (χ3n) is 3.32. The van der Waals surface area contributed by atoms with Crippen LogP contribution in [-0.4, -0.2) is 0 Å². The second-order valence-corrected chi connectivity index (χ2v) is 4.38. The summed E-state index contributed by atoms with van der Waals surface area (Å²) in [5.41, 5.74) is 5.12. The van der Waals surface area contributed by atoms with Gasteiger partial charge >= 0.3 is 0 Å². The molecule has 0 spiro atoms. The molecule has 2 aromatic rings. The maximum atomic E-state index is 5.99. The van der Waals surface area contributed by atoms with E-state index in [1.807, 2.05) is 12.1 Å². The molecule has 1 nitrogen and oxygen atoms in total. The van der Waals surface area contributed by atoms with Crippen LogP contribution in [0.25, 0.3) is 0 Å². The zero-order valence-corrected chi connectivity index (χ0v) is 9.58. The van der Waals surface area contributed by atoms with Gasteiger partial charge in [-0.05, 0) is 42.2 Å².